The van der Waals surface area contributed by atoms with Gasteiger partial charge in [-0.05, 0) is 87.9 Å². The van der Waals surface area contributed by atoms with Crippen LogP contribution in [-0.4, -0.2) is 101 Å². The number of nitrogens with zero attached hydrogens (tertiary/aromatic N) is 2. The maximum absolute atomic E-state index is 12.2. The minimum Gasteiger partial charge on any atom is -0.385 e. The van der Waals surface area contributed by atoms with Crippen molar-refractivity contribution >= 4 is 53.3 Å². The lowest BCUT2D eigenvalue weighted by atomic mass is 9.76. The standard InChI is InChI=1S/C38H52N4O12S3/c1-37(19-11-25-55(44,45)46)30-26-28(56(47,48)49)16-18-33(30)42(22-24-54-4)34(37)12-7-5-8-13-35-38(2,20-23-53-3)31-27-29(57(50,51)52)15-17-32(31)41(35)21-10-6-9-14-36(43)40-39/h5,7-8,12-13,15-18,26-27H,6,9-11,14,19-25,39H2,1-4H3,(H3-,40,43,44,45,46,47,48,49,50,51,52)/p+1. The van der Waals surface area contributed by atoms with Crippen molar-refractivity contribution in [2.75, 3.05) is 51.2 Å². The molecule has 57 heavy (non-hydrogen) atoms. The molecule has 6 N–H and O–H groups in total. The third kappa shape index (κ3) is 11.0. The van der Waals surface area contributed by atoms with Crippen LogP contribution in [0.25, 0.3) is 0 Å². The van der Waals surface area contributed by atoms with E-state index in [0.717, 1.165) is 17.8 Å². The Morgan fingerprint density at radius 2 is 1.47 bits per heavy atom. The number of nitrogens with one attached hydrogen (secondary N) is 1. The molecule has 19 heteroatoms. The number of carbonyl (C=O) groups excluding carboxylic acids is 1. The summed E-state index contributed by atoms with van der Waals surface area (Å²) in [6.07, 6.45) is 12.2. The van der Waals surface area contributed by atoms with Crippen LogP contribution in [0.1, 0.15) is 69.9 Å². The molecule has 0 saturated heterocycles. The summed E-state index contributed by atoms with van der Waals surface area (Å²) in [5.74, 6) is 4.46. The molecule has 0 spiro atoms. The van der Waals surface area contributed by atoms with Gasteiger partial charge in [-0.25, -0.2) is 5.84 Å². The molecule has 0 bridgehead atoms. The Labute approximate surface area is 335 Å². The number of ether oxygens (including phenoxy) is 2. The molecule has 314 valence electrons. The normalized spacial score (nSPS) is 20.6. The van der Waals surface area contributed by atoms with Crippen molar-refractivity contribution < 1.29 is 57.8 Å². The molecule has 2 aliphatic heterocycles. The number of unbranched alkanes of at least 4 members (excludes halogenated alkanes) is 2. The second-order valence-corrected chi connectivity index (χ2v) is 18.9. The molecule has 2 heterocycles. The summed E-state index contributed by atoms with van der Waals surface area (Å²) in [6, 6.07) is 8.80. The van der Waals surface area contributed by atoms with Crippen molar-refractivity contribution in [1.82, 2.24) is 5.43 Å². The number of rotatable bonds is 21. The van der Waals surface area contributed by atoms with Crippen LogP contribution in [0, 0.1) is 0 Å². The van der Waals surface area contributed by atoms with Crippen LogP contribution in [0.4, 0.5) is 11.4 Å². The molecule has 2 unspecified atom stereocenters. The van der Waals surface area contributed by atoms with Gasteiger partial charge < -0.3 is 14.4 Å². The highest BCUT2D eigenvalue weighted by Gasteiger charge is 2.48. The SMILES string of the molecule is COCC[N+]1=C(/C=C/C=C/C=C2/N(CCCCCC(=O)NN)c3ccc(S(=O)(=O)O)cc3C2(C)CCOC)C(C)(CCCS(=O)(=O)O)c2cc(S(=O)(=O)O)ccc21. The average molecular weight is 854 g/mol. The minimum absolute atomic E-state index is 0.0538. The zero-order valence-electron chi connectivity index (χ0n) is 32.5. The van der Waals surface area contributed by atoms with Gasteiger partial charge in [-0.1, -0.05) is 24.6 Å². The number of carbonyl (C=O) groups is 1. The quantitative estimate of drug-likeness (QED) is 0.0225. The number of hydrazine groups is 1. The molecule has 2 aromatic carbocycles. The van der Waals surface area contributed by atoms with Crippen molar-refractivity contribution in [3.05, 3.63) is 83.6 Å². The first kappa shape index (κ1) is 45.9. The molecule has 16 nitrogen and oxygen atoms in total. The van der Waals surface area contributed by atoms with Gasteiger partial charge in [-0.3, -0.25) is 23.9 Å². The van der Waals surface area contributed by atoms with Crippen molar-refractivity contribution in [3.8, 4) is 0 Å². The van der Waals surface area contributed by atoms with Crippen LogP contribution in [0.5, 0.6) is 0 Å². The van der Waals surface area contributed by atoms with Gasteiger partial charge in [-0.2, -0.15) is 29.8 Å². The summed E-state index contributed by atoms with van der Waals surface area (Å²) in [4.78, 5) is 13.2. The Morgan fingerprint density at radius 3 is 2.09 bits per heavy atom. The molecule has 0 fully saturated rings. The highest BCUT2D eigenvalue weighted by atomic mass is 32.2. The number of allylic oxidation sites excluding steroid dienone is 6. The third-order valence-corrected chi connectivity index (χ3v) is 13.1. The van der Waals surface area contributed by atoms with E-state index >= 15 is 0 Å². The van der Waals surface area contributed by atoms with Crippen LogP contribution in [0.15, 0.2) is 82.3 Å². The van der Waals surface area contributed by atoms with Crippen LogP contribution in [0.3, 0.4) is 0 Å². The highest BCUT2D eigenvalue weighted by molar-refractivity contribution is 7.86. The first-order valence-electron chi connectivity index (χ1n) is 18.4. The van der Waals surface area contributed by atoms with Crippen LogP contribution in [0.2, 0.25) is 0 Å². The molecule has 2 atom stereocenters. The minimum atomic E-state index is -4.56. The summed E-state index contributed by atoms with van der Waals surface area (Å²) >= 11 is 0. The number of nitrogens with two attached hydrogens (primary N) is 1. The number of anilines is 1. The fourth-order valence-corrected chi connectivity index (χ4v) is 9.17. The van der Waals surface area contributed by atoms with Gasteiger partial charge >= 0.3 is 0 Å². The van der Waals surface area contributed by atoms with Crippen molar-refractivity contribution in [2.45, 2.75) is 79.4 Å². The fourth-order valence-electron chi connectivity index (χ4n) is 7.65. The number of methoxy groups -OCH3 is 2. The van der Waals surface area contributed by atoms with Crippen LogP contribution < -0.4 is 16.2 Å². The predicted octanol–water partition coefficient (Wildman–Crippen LogP) is 4.21. The second kappa shape index (κ2) is 18.9. The van der Waals surface area contributed by atoms with E-state index in [1.807, 2.05) is 36.7 Å². The lowest BCUT2D eigenvalue weighted by molar-refractivity contribution is -0.441. The topological polar surface area (TPSA) is 243 Å². The molecular weight excluding hydrogens is 801 g/mol. The molecule has 2 aliphatic rings. The molecule has 0 saturated carbocycles. The van der Waals surface area contributed by atoms with E-state index in [-0.39, 0.29) is 35.0 Å². The van der Waals surface area contributed by atoms with E-state index in [9.17, 15) is 43.7 Å². The van der Waals surface area contributed by atoms with Gasteiger partial charge in [0.25, 0.3) is 30.4 Å². The maximum atomic E-state index is 12.2. The van der Waals surface area contributed by atoms with E-state index in [1.54, 1.807) is 38.5 Å². The number of fused-ring (bicyclic) bond motifs is 2. The molecule has 0 radical (unpaired) electrons. The molecular formula is C38H53N4O12S3+. The molecule has 0 aliphatic carbocycles. The molecule has 1 amide bonds. The van der Waals surface area contributed by atoms with E-state index in [2.05, 4.69) is 10.3 Å². The Hall–Kier alpha value is -3.79. The van der Waals surface area contributed by atoms with Gasteiger partial charge in [0, 0.05) is 68.3 Å². The first-order valence-corrected chi connectivity index (χ1v) is 22.8. The smallest absolute Gasteiger partial charge is 0.294 e. The Morgan fingerprint density at radius 1 is 0.825 bits per heavy atom. The first-order chi connectivity index (χ1) is 26.7. The molecule has 0 aromatic heterocycles. The van der Waals surface area contributed by atoms with E-state index < -0.39 is 46.9 Å². The maximum Gasteiger partial charge on any atom is 0.294 e. The van der Waals surface area contributed by atoms with Gasteiger partial charge in [0.1, 0.15) is 6.61 Å². The van der Waals surface area contributed by atoms with Crippen LogP contribution in [-0.2, 0) is 55.5 Å². The fraction of sp³-hybridized carbons (Fsp3) is 0.474. The second-order valence-electron chi connectivity index (χ2n) is 14.5. The Balaban J connectivity index is 1.78. The van der Waals surface area contributed by atoms with Gasteiger partial charge in [0.15, 0.2) is 12.3 Å². The summed E-state index contributed by atoms with van der Waals surface area (Å²) in [5.41, 5.74) is 4.67. The Kier molecular flexibility index (Phi) is 15.2. The number of hydrogen-bond donors (Lipinski definition) is 5. The van der Waals surface area contributed by atoms with E-state index in [1.165, 1.54) is 24.3 Å². The summed E-state index contributed by atoms with van der Waals surface area (Å²) in [6.45, 7) is 5.39. The summed E-state index contributed by atoms with van der Waals surface area (Å²) in [7, 11) is -10.2. The zero-order valence-corrected chi connectivity index (χ0v) is 35.0. The third-order valence-electron chi connectivity index (χ3n) is 10.6. The van der Waals surface area contributed by atoms with Gasteiger partial charge in [0.2, 0.25) is 11.6 Å². The van der Waals surface area contributed by atoms with E-state index in [0.29, 0.717) is 68.1 Å². The zero-order chi connectivity index (χ0) is 42.2. The molecule has 4 rings (SSSR count). The number of benzene rings is 2. The van der Waals surface area contributed by atoms with Crippen molar-refractivity contribution in [1.29, 1.82) is 0 Å². The predicted molar refractivity (Wildman–Crippen MR) is 216 cm³/mol. The monoisotopic (exact) mass is 853 g/mol. The average Bonchev–Trinajstić information content (AvgIpc) is 3.51. The lowest BCUT2D eigenvalue weighted by Gasteiger charge is -2.30. The van der Waals surface area contributed by atoms with Gasteiger partial charge in [0.05, 0.1) is 21.0 Å². The Bertz CT molecular complexity index is 2270. The van der Waals surface area contributed by atoms with Crippen molar-refractivity contribution in [2.24, 2.45) is 5.84 Å². The lowest BCUT2D eigenvalue weighted by Crippen LogP contribution is -2.32. The van der Waals surface area contributed by atoms with Gasteiger partial charge in [-0.15, -0.1) is 0 Å². The molecule has 2 aromatic rings. The highest BCUT2D eigenvalue weighted by Crippen LogP contribution is 2.51. The number of amides is 1. The van der Waals surface area contributed by atoms with Crippen molar-refractivity contribution in [3.63, 3.8) is 0 Å². The largest absolute Gasteiger partial charge is 0.385 e. The van der Waals surface area contributed by atoms with Crippen LogP contribution >= 0.6 is 0 Å². The van der Waals surface area contributed by atoms with E-state index in [4.69, 9.17) is 15.3 Å². The number of hydrogen-bond acceptors (Lipinski definition) is 11. The summed E-state index contributed by atoms with van der Waals surface area (Å²) < 4.78 is 114. The summed E-state index contributed by atoms with van der Waals surface area (Å²) in [5, 5.41) is 0.